The van der Waals surface area contributed by atoms with Gasteiger partial charge in [-0.2, -0.15) is 9.78 Å². The van der Waals surface area contributed by atoms with Crippen molar-refractivity contribution in [2.24, 2.45) is 0 Å². The Morgan fingerprint density at radius 3 is 2.43 bits per heavy atom. The zero-order valence-electron chi connectivity index (χ0n) is 14.8. The van der Waals surface area contributed by atoms with E-state index >= 15 is 0 Å². The van der Waals surface area contributed by atoms with Gasteiger partial charge in [-0.05, 0) is 23.8 Å². The molecule has 0 N–H and O–H groups in total. The van der Waals surface area contributed by atoms with E-state index in [-0.39, 0.29) is 6.54 Å². The smallest absolute Gasteiger partial charge is 0.311 e. The average Bonchev–Trinajstić information content (AvgIpc) is 3.12. The summed E-state index contributed by atoms with van der Waals surface area (Å²) in [4.78, 5) is 13.8. The van der Waals surface area contributed by atoms with E-state index in [1.807, 2.05) is 24.3 Å². The van der Waals surface area contributed by atoms with Gasteiger partial charge in [0.15, 0.2) is 0 Å². The van der Waals surface area contributed by atoms with Gasteiger partial charge in [-0.3, -0.25) is 0 Å². The summed E-state index contributed by atoms with van der Waals surface area (Å²) in [7, 11) is 0. The first-order valence-corrected chi connectivity index (χ1v) is 9.30. The van der Waals surface area contributed by atoms with Gasteiger partial charge in [-0.25, -0.2) is 13.6 Å². The first kappa shape index (κ1) is 18.9. The topological polar surface area (TPSA) is 38.1 Å². The Bertz CT molecular complexity index is 1060. The van der Waals surface area contributed by atoms with Gasteiger partial charge in [-0.1, -0.05) is 53.5 Å². The Morgan fingerprint density at radius 1 is 1.11 bits per heavy atom. The molecule has 3 aromatic rings. The number of amides is 1. The van der Waals surface area contributed by atoms with Crippen LogP contribution in [0.15, 0.2) is 48.5 Å². The number of carbonyl (C=O) groups is 1. The fourth-order valence-electron chi connectivity index (χ4n) is 3.36. The number of benzene rings is 2. The van der Waals surface area contributed by atoms with Gasteiger partial charge >= 0.3 is 6.03 Å². The van der Waals surface area contributed by atoms with E-state index in [1.54, 1.807) is 24.3 Å². The van der Waals surface area contributed by atoms with Crippen molar-refractivity contribution < 1.29 is 13.6 Å². The minimum Gasteiger partial charge on any atom is -0.311 e. The third-order valence-electron chi connectivity index (χ3n) is 4.50. The molecule has 1 amide bonds. The molecule has 1 aliphatic rings. The lowest BCUT2D eigenvalue weighted by molar-refractivity contribution is -0.00362. The van der Waals surface area contributed by atoms with Crippen LogP contribution in [0, 0.1) is 0 Å². The van der Waals surface area contributed by atoms with Crippen LogP contribution in [0.5, 0.6) is 0 Å². The van der Waals surface area contributed by atoms with Crippen molar-refractivity contribution in [3.8, 4) is 22.4 Å². The van der Waals surface area contributed by atoms with Gasteiger partial charge in [0.25, 0.3) is 5.92 Å². The van der Waals surface area contributed by atoms with Crippen LogP contribution in [0.2, 0.25) is 10.0 Å². The van der Waals surface area contributed by atoms with Crippen LogP contribution in [0.4, 0.5) is 13.6 Å². The van der Waals surface area contributed by atoms with Gasteiger partial charge in [0.1, 0.15) is 5.69 Å². The van der Waals surface area contributed by atoms with Gasteiger partial charge in [0.2, 0.25) is 0 Å². The second-order valence-corrected chi connectivity index (χ2v) is 7.62. The minimum absolute atomic E-state index is 0.0394. The van der Waals surface area contributed by atoms with Crippen molar-refractivity contribution >= 4 is 29.2 Å². The largest absolute Gasteiger partial charge is 0.345 e. The van der Waals surface area contributed by atoms with E-state index in [0.717, 1.165) is 17.4 Å². The molecule has 0 spiro atoms. The molecule has 28 heavy (non-hydrogen) atoms. The van der Waals surface area contributed by atoms with Crippen LogP contribution in [0.1, 0.15) is 12.6 Å². The van der Waals surface area contributed by atoms with Gasteiger partial charge in [-0.15, -0.1) is 0 Å². The Balaban J connectivity index is 1.88. The number of carbonyl (C=O) groups excluding carboxylic acids is 1. The normalized spacial score (nSPS) is 13.9. The summed E-state index contributed by atoms with van der Waals surface area (Å²) >= 11 is 12.4. The van der Waals surface area contributed by atoms with Crippen LogP contribution >= 0.6 is 23.2 Å². The summed E-state index contributed by atoms with van der Waals surface area (Å²) in [6.45, 7) is 0.158. The van der Waals surface area contributed by atoms with Crippen molar-refractivity contribution in [2.45, 2.75) is 19.4 Å². The molecule has 4 nitrogen and oxygen atoms in total. The van der Waals surface area contributed by atoms with Crippen molar-refractivity contribution in [3.05, 3.63) is 64.3 Å². The number of rotatable bonds is 4. The maximum atomic E-state index is 13.5. The SMILES string of the molecule is CC(F)(F)CN1Cc2c(-c3ccc(Cl)cc3)c(-c3ccccc3Cl)nn2C1=O. The predicted molar refractivity (Wildman–Crippen MR) is 105 cm³/mol. The molecule has 0 fully saturated rings. The molecule has 2 aromatic carbocycles. The van der Waals surface area contributed by atoms with E-state index in [9.17, 15) is 13.6 Å². The lowest BCUT2D eigenvalue weighted by Gasteiger charge is -2.19. The van der Waals surface area contributed by atoms with E-state index in [4.69, 9.17) is 23.2 Å². The highest BCUT2D eigenvalue weighted by molar-refractivity contribution is 6.33. The molecule has 0 saturated carbocycles. The van der Waals surface area contributed by atoms with Crippen LogP contribution in [-0.4, -0.2) is 33.2 Å². The summed E-state index contributed by atoms with van der Waals surface area (Å²) in [5.74, 6) is -2.99. The maximum absolute atomic E-state index is 13.5. The number of nitrogens with zero attached hydrogens (tertiary/aromatic N) is 3. The third-order valence-corrected chi connectivity index (χ3v) is 5.09. The minimum atomic E-state index is -2.99. The molecular formula is C20H15Cl2F2N3O. The highest BCUT2D eigenvalue weighted by atomic mass is 35.5. The molecule has 144 valence electrons. The molecule has 8 heteroatoms. The molecule has 1 aliphatic heterocycles. The quantitative estimate of drug-likeness (QED) is 0.520. The molecule has 0 aliphatic carbocycles. The lowest BCUT2D eigenvalue weighted by Crippen LogP contribution is -2.36. The summed E-state index contributed by atoms with van der Waals surface area (Å²) < 4.78 is 28.2. The maximum Gasteiger partial charge on any atom is 0.345 e. The molecule has 0 radical (unpaired) electrons. The number of alkyl halides is 2. The van der Waals surface area contributed by atoms with Crippen LogP contribution in [0.25, 0.3) is 22.4 Å². The lowest BCUT2D eigenvalue weighted by atomic mass is 9.99. The predicted octanol–water partition coefficient (Wildman–Crippen LogP) is 5.96. The van der Waals surface area contributed by atoms with Gasteiger partial charge in [0, 0.05) is 23.1 Å². The van der Waals surface area contributed by atoms with Crippen LogP contribution in [-0.2, 0) is 6.54 Å². The van der Waals surface area contributed by atoms with Gasteiger partial charge < -0.3 is 4.90 Å². The Kier molecular flexibility index (Phi) is 4.63. The molecule has 2 heterocycles. The molecule has 1 aromatic heterocycles. The summed E-state index contributed by atoms with van der Waals surface area (Å²) in [6, 6.07) is 13.7. The molecule has 0 atom stereocenters. The van der Waals surface area contributed by atoms with Crippen molar-refractivity contribution in [3.63, 3.8) is 0 Å². The first-order chi connectivity index (χ1) is 13.2. The number of hydrogen-bond acceptors (Lipinski definition) is 2. The first-order valence-electron chi connectivity index (χ1n) is 8.54. The fraction of sp³-hybridized carbons (Fsp3) is 0.200. The Hall–Kier alpha value is -2.44. The Morgan fingerprint density at radius 2 is 1.79 bits per heavy atom. The average molecular weight is 422 g/mol. The third kappa shape index (κ3) is 3.38. The van der Waals surface area contributed by atoms with E-state index in [1.165, 1.54) is 4.68 Å². The summed E-state index contributed by atoms with van der Waals surface area (Å²) in [6.07, 6.45) is 0. The number of halogens is 4. The molecule has 0 saturated heterocycles. The number of aromatic nitrogens is 2. The van der Waals surface area contributed by atoms with Crippen LogP contribution < -0.4 is 0 Å². The Labute approximate surface area is 170 Å². The van der Waals surface area contributed by atoms with Crippen molar-refractivity contribution in [1.29, 1.82) is 0 Å². The van der Waals surface area contributed by atoms with Crippen molar-refractivity contribution in [2.75, 3.05) is 6.54 Å². The van der Waals surface area contributed by atoms with E-state index in [2.05, 4.69) is 5.10 Å². The molecule has 0 unspecified atom stereocenters. The monoisotopic (exact) mass is 421 g/mol. The van der Waals surface area contributed by atoms with E-state index < -0.39 is 18.5 Å². The second kappa shape index (κ2) is 6.87. The zero-order valence-corrected chi connectivity index (χ0v) is 16.3. The highest BCUT2D eigenvalue weighted by Gasteiger charge is 2.38. The molecule has 0 bridgehead atoms. The number of hydrogen-bond donors (Lipinski definition) is 0. The fourth-order valence-corrected chi connectivity index (χ4v) is 3.71. The van der Waals surface area contributed by atoms with Crippen LogP contribution in [0.3, 0.4) is 0 Å². The highest BCUT2D eigenvalue weighted by Crippen LogP contribution is 2.40. The molecule has 4 rings (SSSR count). The second-order valence-electron chi connectivity index (χ2n) is 6.78. The van der Waals surface area contributed by atoms with Gasteiger partial charge in [0.05, 0.1) is 23.8 Å². The summed E-state index contributed by atoms with van der Waals surface area (Å²) in [5, 5.41) is 5.50. The van der Waals surface area contributed by atoms with Crippen molar-refractivity contribution in [1.82, 2.24) is 14.7 Å². The zero-order chi connectivity index (χ0) is 20.1. The standard InChI is InChI=1S/C20H15Cl2F2N3O/c1-20(23,24)11-26-10-16-17(12-6-8-13(21)9-7-12)18(25-27(16)19(26)28)14-4-2-3-5-15(14)22/h2-9H,10-11H2,1H3. The summed E-state index contributed by atoms with van der Waals surface area (Å²) in [5.41, 5.74) is 3.19. The molecular weight excluding hydrogens is 407 g/mol. The number of fused-ring (bicyclic) bond motifs is 1. The van der Waals surface area contributed by atoms with E-state index in [0.29, 0.717) is 32.6 Å².